The third kappa shape index (κ3) is 4.65. The molecule has 0 saturated carbocycles. The molecule has 176 valence electrons. The van der Waals surface area contributed by atoms with Crippen LogP contribution in [0.3, 0.4) is 0 Å². The molecule has 1 aliphatic rings. The molecule has 0 atom stereocenters. The van der Waals surface area contributed by atoms with Crippen LogP contribution in [0.5, 0.6) is 0 Å². The molecular formula is C26H20Cl2N4O3. The van der Waals surface area contributed by atoms with Crippen LogP contribution in [0.1, 0.15) is 50.8 Å². The van der Waals surface area contributed by atoms with Gasteiger partial charge in [0.15, 0.2) is 5.76 Å². The number of hydrogen-bond acceptors (Lipinski definition) is 5. The fourth-order valence-electron chi connectivity index (χ4n) is 4.14. The number of furan rings is 1. The van der Waals surface area contributed by atoms with Crippen molar-refractivity contribution in [2.45, 2.75) is 26.2 Å². The molecular weight excluding hydrogens is 487 g/mol. The molecule has 2 N–H and O–H groups in total. The van der Waals surface area contributed by atoms with Gasteiger partial charge in [0.05, 0.1) is 21.9 Å². The summed E-state index contributed by atoms with van der Waals surface area (Å²) in [6.07, 6.45) is 2.09. The summed E-state index contributed by atoms with van der Waals surface area (Å²) >= 11 is 12.2. The number of halogens is 2. The number of fused-ring (bicyclic) bond motifs is 2. The Hall–Kier alpha value is -3.68. The lowest BCUT2D eigenvalue weighted by atomic mass is 9.93. The van der Waals surface area contributed by atoms with Crippen LogP contribution in [0.15, 0.2) is 64.1 Å². The summed E-state index contributed by atoms with van der Waals surface area (Å²) < 4.78 is 5.92. The Labute approximate surface area is 211 Å². The molecule has 7 nitrogen and oxygen atoms in total. The van der Waals surface area contributed by atoms with Crippen molar-refractivity contribution < 1.29 is 14.0 Å². The first-order valence-electron chi connectivity index (χ1n) is 11.0. The van der Waals surface area contributed by atoms with E-state index in [1.807, 2.05) is 30.3 Å². The number of nitrogens with zero attached hydrogens (tertiary/aromatic N) is 2. The maximum absolute atomic E-state index is 13.0. The van der Waals surface area contributed by atoms with Crippen molar-refractivity contribution in [3.63, 3.8) is 0 Å². The number of benzene rings is 2. The van der Waals surface area contributed by atoms with Crippen molar-refractivity contribution in [3.05, 3.63) is 93.0 Å². The number of nitrogens with one attached hydrogen (secondary N) is 2. The van der Waals surface area contributed by atoms with Crippen LogP contribution in [0.4, 0.5) is 5.69 Å². The Kier molecular flexibility index (Phi) is 6.28. The standard InChI is InChI=1S/C26H20Cl2N4O3/c1-14-23-19(31-32-25(33)20-12-9-15-5-2-3-6-18(15)29-20)7-4-8-22(23)35-24(14)26(34)30-21-13-16(27)10-11-17(21)28/h2-3,5-6,9-13H,4,7-8H2,1H3,(H,30,34)(H,32,33)/b31-19+. The molecule has 0 spiro atoms. The van der Waals surface area contributed by atoms with E-state index in [2.05, 4.69) is 20.8 Å². The minimum absolute atomic E-state index is 0.170. The normalized spacial score (nSPS) is 14.1. The highest BCUT2D eigenvalue weighted by molar-refractivity contribution is 6.35. The van der Waals surface area contributed by atoms with Crippen LogP contribution < -0.4 is 10.7 Å². The van der Waals surface area contributed by atoms with Gasteiger partial charge >= 0.3 is 0 Å². The zero-order valence-electron chi connectivity index (χ0n) is 18.7. The summed E-state index contributed by atoms with van der Waals surface area (Å²) in [5.74, 6) is -0.0222. The zero-order valence-corrected chi connectivity index (χ0v) is 20.2. The van der Waals surface area contributed by atoms with Gasteiger partial charge in [-0.2, -0.15) is 5.10 Å². The second-order valence-corrected chi connectivity index (χ2v) is 9.02. The Balaban J connectivity index is 1.38. The maximum Gasteiger partial charge on any atom is 0.291 e. The predicted molar refractivity (Wildman–Crippen MR) is 137 cm³/mol. The van der Waals surface area contributed by atoms with Gasteiger partial charge in [0.2, 0.25) is 0 Å². The lowest BCUT2D eigenvalue weighted by molar-refractivity contribution is 0.0949. The minimum atomic E-state index is -0.440. The molecule has 2 amide bonds. The fourth-order valence-corrected chi connectivity index (χ4v) is 4.47. The summed E-state index contributed by atoms with van der Waals surface area (Å²) in [6, 6.07) is 15.9. The number of hydrogen-bond donors (Lipinski definition) is 2. The number of para-hydroxylation sites is 1. The molecule has 9 heteroatoms. The van der Waals surface area contributed by atoms with E-state index < -0.39 is 11.8 Å². The second kappa shape index (κ2) is 9.52. The van der Waals surface area contributed by atoms with Crippen LogP contribution in [0.25, 0.3) is 10.9 Å². The average molecular weight is 507 g/mol. The van der Waals surface area contributed by atoms with Gasteiger partial charge in [-0.3, -0.25) is 9.59 Å². The van der Waals surface area contributed by atoms with Gasteiger partial charge in [0.25, 0.3) is 11.8 Å². The first-order chi connectivity index (χ1) is 16.9. The minimum Gasteiger partial charge on any atom is -0.455 e. The number of carbonyl (C=O) groups excluding carboxylic acids is 2. The Bertz CT molecular complexity index is 1510. The van der Waals surface area contributed by atoms with E-state index in [1.165, 1.54) is 0 Å². The molecule has 1 aliphatic carbocycles. The van der Waals surface area contributed by atoms with E-state index in [-0.39, 0.29) is 11.5 Å². The monoisotopic (exact) mass is 506 g/mol. The van der Waals surface area contributed by atoms with Crippen molar-refractivity contribution in [2.75, 3.05) is 5.32 Å². The average Bonchev–Trinajstić information content (AvgIpc) is 3.21. The van der Waals surface area contributed by atoms with Crippen molar-refractivity contribution >= 4 is 57.3 Å². The third-order valence-electron chi connectivity index (χ3n) is 5.83. The maximum atomic E-state index is 13.0. The number of aromatic nitrogens is 1. The van der Waals surface area contributed by atoms with Crippen LogP contribution in [0.2, 0.25) is 10.0 Å². The highest BCUT2D eigenvalue weighted by atomic mass is 35.5. The van der Waals surface area contributed by atoms with Gasteiger partial charge in [0, 0.05) is 28.0 Å². The smallest absolute Gasteiger partial charge is 0.291 e. The predicted octanol–water partition coefficient (Wildman–Crippen LogP) is 6.17. The van der Waals surface area contributed by atoms with E-state index in [4.69, 9.17) is 27.6 Å². The second-order valence-electron chi connectivity index (χ2n) is 8.17. The summed E-state index contributed by atoms with van der Waals surface area (Å²) in [5.41, 5.74) is 6.04. The van der Waals surface area contributed by atoms with E-state index in [1.54, 1.807) is 31.2 Å². The van der Waals surface area contributed by atoms with Crippen LogP contribution in [-0.2, 0) is 6.42 Å². The largest absolute Gasteiger partial charge is 0.455 e. The van der Waals surface area contributed by atoms with Gasteiger partial charge in [-0.05, 0) is 50.1 Å². The number of carbonyl (C=O) groups is 2. The van der Waals surface area contributed by atoms with E-state index in [0.29, 0.717) is 45.6 Å². The Morgan fingerprint density at radius 3 is 2.71 bits per heavy atom. The van der Waals surface area contributed by atoms with Gasteiger partial charge in [-0.15, -0.1) is 0 Å². The lowest BCUT2D eigenvalue weighted by Crippen LogP contribution is -2.23. The number of hydrazone groups is 1. The first-order valence-corrected chi connectivity index (χ1v) is 11.8. The summed E-state index contributed by atoms with van der Waals surface area (Å²) in [4.78, 5) is 30.1. The Morgan fingerprint density at radius 2 is 1.86 bits per heavy atom. The Morgan fingerprint density at radius 1 is 1.03 bits per heavy atom. The van der Waals surface area contributed by atoms with Gasteiger partial charge in [-0.25, -0.2) is 10.4 Å². The van der Waals surface area contributed by atoms with Crippen molar-refractivity contribution in [3.8, 4) is 0 Å². The lowest BCUT2D eigenvalue weighted by Gasteiger charge is -2.13. The molecule has 2 aromatic heterocycles. The van der Waals surface area contributed by atoms with Crippen molar-refractivity contribution in [1.82, 2.24) is 10.4 Å². The molecule has 5 rings (SSSR count). The van der Waals surface area contributed by atoms with E-state index in [9.17, 15) is 9.59 Å². The summed E-state index contributed by atoms with van der Waals surface area (Å²) in [6.45, 7) is 1.80. The molecule has 35 heavy (non-hydrogen) atoms. The van der Waals surface area contributed by atoms with Gasteiger partial charge in [0.1, 0.15) is 11.5 Å². The topological polar surface area (TPSA) is 96.6 Å². The number of amides is 2. The van der Waals surface area contributed by atoms with Crippen LogP contribution >= 0.6 is 23.2 Å². The van der Waals surface area contributed by atoms with Crippen molar-refractivity contribution in [2.24, 2.45) is 5.10 Å². The van der Waals surface area contributed by atoms with E-state index in [0.717, 1.165) is 22.9 Å². The number of aryl methyl sites for hydroxylation is 1. The van der Waals surface area contributed by atoms with Crippen LogP contribution in [-0.4, -0.2) is 22.5 Å². The molecule has 0 radical (unpaired) electrons. The molecule has 0 bridgehead atoms. The van der Waals surface area contributed by atoms with E-state index >= 15 is 0 Å². The number of anilines is 1. The first kappa shape index (κ1) is 23.1. The highest BCUT2D eigenvalue weighted by Crippen LogP contribution is 2.31. The number of rotatable bonds is 4. The quantitative estimate of drug-likeness (QED) is 0.323. The fraction of sp³-hybridized carbons (Fsp3) is 0.154. The van der Waals surface area contributed by atoms with Gasteiger partial charge in [-0.1, -0.05) is 47.5 Å². The zero-order chi connectivity index (χ0) is 24.5. The molecule has 0 fully saturated rings. The molecule has 4 aromatic rings. The SMILES string of the molecule is Cc1c(C(=O)Nc2cc(Cl)ccc2Cl)oc2c1/C(=N/NC(=O)c1ccc3ccccc3n1)CCC2. The molecule has 2 aromatic carbocycles. The van der Waals surface area contributed by atoms with Crippen LogP contribution in [0, 0.1) is 6.92 Å². The number of pyridine rings is 1. The summed E-state index contributed by atoms with van der Waals surface area (Å²) in [7, 11) is 0. The third-order valence-corrected chi connectivity index (χ3v) is 6.40. The molecule has 0 unspecified atom stereocenters. The molecule has 0 aliphatic heterocycles. The van der Waals surface area contributed by atoms with Gasteiger partial charge < -0.3 is 9.73 Å². The highest BCUT2D eigenvalue weighted by Gasteiger charge is 2.28. The molecule has 2 heterocycles. The molecule has 0 saturated heterocycles. The summed E-state index contributed by atoms with van der Waals surface area (Å²) in [5, 5.41) is 8.89. The van der Waals surface area contributed by atoms with Crippen molar-refractivity contribution in [1.29, 1.82) is 0 Å².